The molecule has 6 heteroatoms. The van der Waals surface area contributed by atoms with Crippen LogP contribution in [0.3, 0.4) is 0 Å². The first-order chi connectivity index (χ1) is 10.2. The molecule has 3 N–H and O–H groups in total. The lowest BCUT2D eigenvalue weighted by molar-refractivity contribution is 0.0951. The smallest absolute Gasteiger partial charge is 0.253 e. The number of nitrogens with two attached hydrogens (primary N) is 1. The molecule has 0 radical (unpaired) electrons. The molecule has 23 heavy (non-hydrogen) atoms. The Labute approximate surface area is 152 Å². The molecule has 0 heterocycles. The topological polar surface area (TPSA) is 58.4 Å². The van der Waals surface area contributed by atoms with E-state index in [4.69, 9.17) is 5.73 Å². The van der Waals surface area contributed by atoms with Crippen LogP contribution in [-0.2, 0) is 0 Å². The van der Waals surface area contributed by atoms with Gasteiger partial charge in [0.1, 0.15) is 0 Å². The van der Waals surface area contributed by atoms with Crippen molar-refractivity contribution in [3.8, 4) is 0 Å². The summed E-state index contributed by atoms with van der Waals surface area (Å²) in [7, 11) is 2.20. The van der Waals surface area contributed by atoms with Crippen LogP contribution in [0.4, 0.5) is 5.69 Å². The number of nitrogens with zero attached hydrogens (tertiary/aromatic N) is 1. The van der Waals surface area contributed by atoms with Crippen LogP contribution in [0, 0.1) is 0 Å². The van der Waals surface area contributed by atoms with Gasteiger partial charge in [-0.3, -0.25) is 4.79 Å². The second kappa shape index (κ2) is 11.5. The van der Waals surface area contributed by atoms with Gasteiger partial charge in [0.15, 0.2) is 0 Å². The number of nitrogen functional groups attached to an aromatic ring is 1. The lowest BCUT2D eigenvalue weighted by atomic mass is 9.94. The number of carbonyl (C=O) groups excluding carboxylic acids is 1. The third kappa shape index (κ3) is 6.98. The van der Waals surface area contributed by atoms with Gasteiger partial charge in [-0.2, -0.15) is 0 Å². The van der Waals surface area contributed by atoms with Crippen molar-refractivity contribution in [2.24, 2.45) is 0 Å². The third-order valence-corrected chi connectivity index (χ3v) is 4.38. The van der Waals surface area contributed by atoms with Gasteiger partial charge in [0, 0.05) is 18.3 Å². The Morgan fingerprint density at radius 3 is 2.52 bits per heavy atom. The van der Waals surface area contributed by atoms with Gasteiger partial charge in [-0.1, -0.05) is 31.4 Å². The van der Waals surface area contributed by atoms with Crippen LogP contribution in [0.15, 0.2) is 24.3 Å². The Kier molecular flexibility index (Phi) is 11.1. The number of carbonyl (C=O) groups is 1. The molecule has 2 rings (SSSR count). The van der Waals surface area contributed by atoms with E-state index in [-0.39, 0.29) is 30.7 Å². The SMILES string of the molecule is CN(CCCNC(=O)c1ccccc1N)C1CCCCC1.Cl.Cl. The Balaban J connectivity index is 0.00000242. The van der Waals surface area contributed by atoms with Crippen LogP contribution < -0.4 is 11.1 Å². The number of anilines is 1. The van der Waals surface area contributed by atoms with E-state index in [1.165, 1.54) is 32.1 Å². The first-order valence-electron chi connectivity index (χ1n) is 8.01. The molecule has 132 valence electrons. The van der Waals surface area contributed by atoms with Crippen molar-refractivity contribution in [2.45, 2.75) is 44.6 Å². The van der Waals surface area contributed by atoms with Gasteiger partial charge in [-0.25, -0.2) is 0 Å². The van der Waals surface area contributed by atoms with Crippen molar-refractivity contribution in [3.05, 3.63) is 29.8 Å². The summed E-state index contributed by atoms with van der Waals surface area (Å²) in [5, 5.41) is 2.95. The monoisotopic (exact) mass is 361 g/mol. The average molecular weight is 362 g/mol. The molecule has 4 nitrogen and oxygen atoms in total. The molecule has 0 bridgehead atoms. The fourth-order valence-corrected chi connectivity index (χ4v) is 3.03. The summed E-state index contributed by atoms with van der Waals surface area (Å²) in [6, 6.07) is 7.93. The average Bonchev–Trinajstić information content (AvgIpc) is 2.52. The number of hydrogen-bond donors (Lipinski definition) is 2. The highest BCUT2D eigenvalue weighted by Crippen LogP contribution is 2.21. The summed E-state index contributed by atoms with van der Waals surface area (Å²) in [5.74, 6) is -0.0755. The van der Waals surface area contributed by atoms with E-state index in [0.29, 0.717) is 17.8 Å². The molecule has 0 unspecified atom stereocenters. The lowest BCUT2D eigenvalue weighted by Gasteiger charge is -2.31. The zero-order chi connectivity index (χ0) is 15.1. The number of benzene rings is 1. The molecule has 1 saturated carbocycles. The van der Waals surface area contributed by atoms with Crippen molar-refractivity contribution in [3.63, 3.8) is 0 Å². The molecule has 1 fully saturated rings. The largest absolute Gasteiger partial charge is 0.398 e. The van der Waals surface area contributed by atoms with E-state index in [9.17, 15) is 4.79 Å². The molecule has 1 aromatic rings. The second-order valence-corrected chi connectivity index (χ2v) is 5.97. The number of hydrogen-bond acceptors (Lipinski definition) is 3. The number of nitrogens with one attached hydrogen (secondary N) is 1. The standard InChI is InChI=1S/C17H27N3O.2ClH/c1-20(14-8-3-2-4-9-14)13-7-12-19-17(21)15-10-5-6-11-16(15)18;;/h5-6,10-11,14H,2-4,7-9,12-13,18H2,1H3,(H,19,21);2*1H. The Bertz CT molecular complexity index is 465. The van der Waals surface area contributed by atoms with Crippen molar-refractivity contribution < 1.29 is 4.79 Å². The molecule has 0 aromatic heterocycles. The summed E-state index contributed by atoms with van der Waals surface area (Å²) in [6.45, 7) is 1.74. The van der Waals surface area contributed by atoms with Crippen LogP contribution in [0.5, 0.6) is 0 Å². The number of amides is 1. The summed E-state index contributed by atoms with van der Waals surface area (Å²) in [5.41, 5.74) is 6.91. The van der Waals surface area contributed by atoms with E-state index >= 15 is 0 Å². The minimum atomic E-state index is -0.0755. The summed E-state index contributed by atoms with van der Waals surface area (Å²) >= 11 is 0. The number of halogens is 2. The summed E-state index contributed by atoms with van der Waals surface area (Å²) < 4.78 is 0. The zero-order valence-corrected chi connectivity index (χ0v) is 15.4. The van der Waals surface area contributed by atoms with Gasteiger partial charge < -0.3 is 16.0 Å². The first kappa shape index (κ1) is 22.0. The zero-order valence-electron chi connectivity index (χ0n) is 13.8. The number of para-hydroxylation sites is 1. The van der Waals surface area contributed by atoms with Crippen molar-refractivity contribution in [1.82, 2.24) is 10.2 Å². The molecule has 1 aromatic carbocycles. The third-order valence-electron chi connectivity index (χ3n) is 4.38. The maximum atomic E-state index is 12.0. The molecule has 1 aliphatic carbocycles. The highest BCUT2D eigenvalue weighted by molar-refractivity contribution is 5.99. The maximum absolute atomic E-state index is 12.0. The summed E-state index contributed by atoms with van der Waals surface area (Å²) in [4.78, 5) is 14.5. The van der Waals surface area contributed by atoms with Gasteiger partial charge in [0.25, 0.3) is 5.91 Å². The van der Waals surface area contributed by atoms with E-state index in [2.05, 4.69) is 17.3 Å². The highest BCUT2D eigenvalue weighted by atomic mass is 35.5. The lowest BCUT2D eigenvalue weighted by Crippen LogP contribution is -2.35. The molecule has 1 amide bonds. The Morgan fingerprint density at radius 2 is 1.87 bits per heavy atom. The molecular formula is C17H29Cl2N3O. The van der Waals surface area contributed by atoms with E-state index in [1.807, 2.05) is 12.1 Å². The van der Waals surface area contributed by atoms with Crippen LogP contribution >= 0.6 is 24.8 Å². The van der Waals surface area contributed by atoms with Crippen LogP contribution in [0.1, 0.15) is 48.9 Å². The fraction of sp³-hybridized carbons (Fsp3) is 0.588. The molecule has 0 saturated heterocycles. The fourth-order valence-electron chi connectivity index (χ4n) is 3.03. The highest BCUT2D eigenvalue weighted by Gasteiger charge is 2.17. The van der Waals surface area contributed by atoms with Gasteiger partial charge >= 0.3 is 0 Å². The minimum Gasteiger partial charge on any atom is -0.398 e. The quantitative estimate of drug-likeness (QED) is 0.602. The predicted octanol–water partition coefficient (Wildman–Crippen LogP) is 3.50. The van der Waals surface area contributed by atoms with Gasteiger partial charge in [-0.15, -0.1) is 24.8 Å². The van der Waals surface area contributed by atoms with Gasteiger partial charge in [0.05, 0.1) is 5.56 Å². The Morgan fingerprint density at radius 1 is 1.22 bits per heavy atom. The van der Waals surface area contributed by atoms with Crippen LogP contribution in [-0.4, -0.2) is 37.0 Å². The molecule has 0 spiro atoms. The van der Waals surface area contributed by atoms with Crippen molar-refractivity contribution in [2.75, 3.05) is 25.9 Å². The maximum Gasteiger partial charge on any atom is 0.253 e. The van der Waals surface area contributed by atoms with E-state index in [1.54, 1.807) is 12.1 Å². The molecular weight excluding hydrogens is 333 g/mol. The van der Waals surface area contributed by atoms with Crippen molar-refractivity contribution in [1.29, 1.82) is 0 Å². The Hall–Kier alpha value is -0.970. The number of rotatable bonds is 6. The normalized spacial score (nSPS) is 14.7. The summed E-state index contributed by atoms with van der Waals surface area (Å²) in [6.07, 6.45) is 7.73. The molecule has 0 atom stereocenters. The van der Waals surface area contributed by atoms with E-state index in [0.717, 1.165) is 19.0 Å². The minimum absolute atomic E-state index is 0. The second-order valence-electron chi connectivity index (χ2n) is 5.97. The predicted molar refractivity (Wildman–Crippen MR) is 102 cm³/mol. The van der Waals surface area contributed by atoms with Crippen molar-refractivity contribution >= 4 is 36.4 Å². The molecule has 1 aliphatic rings. The van der Waals surface area contributed by atoms with Gasteiger partial charge in [-0.05, 0) is 45.0 Å². The van der Waals surface area contributed by atoms with E-state index < -0.39 is 0 Å². The van der Waals surface area contributed by atoms with Gasteiger partial charge in [0.2, 0.25) is 0 Å². The first-order valence-corrected chi connectivity index (χ1v) is 8.01. The molecule has 0 aliphatic heterocycles. The van der Waals surface area contributed by atoms with Crippen LogP contribution in [0.2, 0.25) is 0 Å². The van der Waals surface area contributed by atoms with Crippen LogP contribution in [0.25, 0.3) is 0 Å².